The number of likely N-dealkylation sites (tertiary alicyclic amines) is 1. The number of ether oxygens (including phenoxy) is 1. The first-order valence-electron chi connectivity index (χ1n) is 11.6. The summed E-state index contributed by atoms with van der Waals surface area (Å²) >= 11 is 1.56. The maximum absolute atomic E-state index is 13.7. The van der Waals surface area contributed by atoms with Crippen LogP contribution in [-0.4, -0.2) is 47.9 Å². The van der Waals surface area contributed by atoms with Gasteiger partial charge in [-0.1, -0.05) is 29.8 Å². The molecule has 0 radical (unpaired) electrons. The van der Waals surface area contributed by atoms with E-state index in [1.165, 1.54) is 0 Å². The first-order chi connectivity index (χ1) is 16.4. The highest BCUT2D eigenvalue weighted by molar-refractivity contribution is 7.15. The van der Waals surface area contributed by atoms with Crippen molar-refractivity contribution in [3.05, 3.63) is 69.9 Å². The molecule has 1 N–H and O–H groups in total. The van der Waals surface area contributed by atoms with Crippen molar-refractivity contribution in [2.45, 2.75) is 33.2 Å². The Morgan fingerprint density at radius 2 is 2.00 bits per heavy atom. The van der Waals surface area contributed by atoms with Gasteiger partial charge in [-0.2, -0.15) is 0 Å². The number of nitrogens with zero attached hydrogens (tertiary/aromatic N) is 2. The highest BCUT2D eigenvalue weighted by atomic mass is 32.1. The number of hydrogen-bond acceptors (Lipinski definition) is 5. The van der Waals surface area contributed by atoms with E-state index in [1.807, 2.05) is 43.0 Å². The SMILES string of the molecule is COc1ccc(C(=O)NC[C@@H]2[C@H]3C[C@H]3CN2C(=O)c2nc(C)sc2-c2cccc(C)c2)cc1C. The molecule has 1 saturated heterocycles. The number of carbonyl (C=O) groups is 2. The number of amides is 2. The molecule has 3 aromatic rings. The Bertz CT molecular complexity index is 1270. The third-order valence-electron chi connectivity index (χ3n) is 6.91. The van der Waals surface area contributed by atoms with Crippen molar-refractivity contribution >= 4 is 23.2 Å². The molecule has 2 aliphatic rings. The molecule has 1 aromatic heterocycles. The van der Waals surface area contributed by atoms with Gasteiger partial charge in [0.15, 0.2) is 0 Å². The Hall–Kier alpha value is -3.19. The van der Waals surface area contributed by atoms with Gasteiger partial charge in [-0.25, -0.2) is 4.98 Å². The van der Waals surface area contributed by atoms with Crippen LogP contribution in [0.1, 0.15) is 43.4 Å². The molecular formula is C27H29N3O3S. The van der Waals surface area contributed by atoms with Gasteiger partial charge in [-0.05, 0) is 68.4 Å². The molecule has 0 bridgehead atoms. The summed E-state index contributed by atoms with van der Waals surface area (Å²) in [5, 5.41) is 3.95. The maximum atomic E-state index is 13.7. The molecule has 3 atom stereocenters. The summed E-state index contributed by atoms with van der Waals surface area (Å²) in [6.45, 7) is 7.09. The van der Waals surface area contributed by atoms with Crippen molar-refractivity contribution in [2.24, 2.45) is 11.8 Å². The quantitative estimate of drug-likeness (QED) is 0.564. The summed E-state index contributed by atoms with van der Waals surface area (Å²) in [7, 11) is 1.62. The van der Waals surface area contributed by atoms with E-state index in [9.17, 15) is 9.59 Å². The summed E-state index contributed by atoms with van der Waals surface area (Å²) in [6.07, 6.45) is 1.12. The van der Waals surface area contributed by atoms with Gasteiger partial charge in [-0.15, -0.1) is 11.3 Å². The van der Waals surface area contributed by atoms with Crippen LogP contribution in [0.3, 0.4) is 0 Å². The molecule has 34 heavy (non-hydrogen) atoms. The molecular weight excluding hydrogens is 446 g/mol. The lowest BCUT2D eigenvalue weighted by molar-refractivity contribution is 0.0690. The average molecular weight is 476 g/mol. The second kappa shape index (κ2) is 8.87. The minimum absolute atomic E-state index is 0.00633. The number of rotatable bonds is 6. The number of methoxy groups -OCH3 is 1. The van der Waals surface area contributed by atoms with E-state index < -0.39 is 0 Å². The standard InChI is InChI=1S/C27H29N3O3S/c1-15-6-5-7-18(10-15)25-24(29-17(3)34-25)27(32)30-14-20-12-21(20)22(30)13-28-26(31)19-8-9-23(33-4)16(2)11-19/h5-11,20-22H,12-14H2,1-4H3,(H,28,31)/t20-,21-,22+/m0/s1. The Morgan fingerprint density at radius 3 is 2.74 bits per heavy atom. The van der Waals surface area contributed by atoms with Gasteiger partial charge in [0.25, 0.3) is 11.8 Å². The van der Waals surface area contributed by atoms with Gasteiger partial charge in [-0.3, -0.25) is 9.59 Å². The molecule has 5 rings (SSSR count). The predicted molar refractivity (Wildman–Crippen MR) is 134 cm³/mol. The zero-order valence-corrected chi connectivity index (χ0v) is 20.7. The summed E-state index contributed by atoms with van der Waals surface area (Å²) in [5.41, 5.74) is 4.21. The molecule has 2 fully saturated rings. The fraction of sp³-hybridized carbons (Fsp3) is 0.370. The van der Waals surface area contributed by atoms with E-state index in [4.69, 9.17) is 4.74 Å². The van der Waals surface area contributed by atoms with Crippen LogP contribution in [0.5, 0.6) is 5.75 Å². The number of piperidine rings is 1. The van der Waals surface area contributed by atoms with Crippen molar-refractivity contribution in [3.63, 3.8) is 0 Å². The minimum atomic E-state index is -0.132. The van der Waals surface area contributed by atoms with E-state index in [-0.39, 0.29) is 17.9 Å². The third kappa shape index (κ3) is 4.20. The number of aryl methyl sites for hydroxylation is 3. The fourth-order valence-electron chi connectivity index (χ4n) is 5.08. The second-order valence-corrected chi connectivity index (χ2v) is 10.6. The van der Waals surface area contributed by atoms with Crippen molar-refractivity contribution < 1.29 is 14.3 Å². The lowest BCUT2D eigenvalue weighted by Gasteiger charge is -2.27. The molecule has 1 aliphatic carbocycles. The normalized spacial score (nSPS) is 20.7. The largest absolute Gasteiger partial charge is 0.496 e. The number of thiazole rings is 1. The van der Waals surface area contributed by atoms with Crippen molar-refractivity contribution in [3.8, 4) is 16.2 Å². The van der Waals surface area contributed by atoms with E-state index in [0.717, 1.165) is 45.3 Å². The molecule has 0 spiro atoms. The zero-order valence-electron chi connectivity index (χ0n) is 19.9. The van der Waals surface area contributed by atoms with Crippen LogP contribution in [0.15, 0.2) is 42.5 Å². The molecule has 1 saturated carbocycles. The number of fused-ring (bicyclic) bond motifs is 1. The molecule has 0 unspecified atom stereocenters. The lowest BCUT2D eigenvalue weighted by Crippen LogP contribution is -2.45. The molecule has 7 heteroatoms. The van der Waals surface area contributed by atoms with Crippen LogP contribution >= 0.6 is 11.3 Å². The first-order valence-corrected chi connectivity index (χ1v) is 12.5. The average Bonchev–Trinajstić information content (AvgIpc) is 3.33. The summed E-state index contributed by atoms with van der Waals surface area (Å²) < 4.78 is 5.29. The molecule has 1 aliphatic heterocycles. The van der Waals surface area contributed by atoms with Crippen molar-refractivity contribution in [1.29, 1.82) is 0 Å². The van der Waals surface area contributed by atoms with Gasteiger partial charge < -0.3 is 15.0 Å². The van der Waals surface area contributed by atoms with Gasteiger partial charge >= 0.3 is 0 Å². The summed E-state index contributed by atoms with van der Waals surface area (Å²) in [5.74, 6) is 1.56. The van der Waals surface area contributed by atoms with Crippen LogP contribution in [0, 0.1) is 32.6 Å². The van der Waals surface area contributed by atoms with Gasteiger partial charge in [0, 0.05) is 18.7 Å². The van der Waals surface area contributed by atoms with E-state index in [1.54, 1.807) is 24.5 Å². The molecule has 6 nitrogen and oxygen atoms in total. The number of benzene rings is 2. The minimum Gasteiger partial charge on any atom is -0.496 e. The highest BCUT2D eigenvalue weighted by Gasteiger charge is 2.54. The highest BCUT2D eigenvalue weighted by Crippen LogP contribution is 2.50. The molecule has 176 valence electrons. The van der Waals surface area contributed by atoms with Crippen LogP contribution in [-0.2, 0) is 0 Å². The number of hydrogen-bond donors (Lipinski definition) is 1. The van der Waals surface area contributed by atoms with Crippen LogP contribution in [0.4, 0.5) is 0 Å². The Morgan fingerprint density at radius 1 is 1.18 bits per heavy atom. The second-order valence-electron chi connectivity index (χ2n) is 9.36. The summed E-state index contributed by atoms with van der Waals surface area (Å²) in [6, 6.07) is 13.6. The van der Waals surface area contributed by atoms with Gasteiger partial charge in [0.2, 0.25) is 0 Å². The number of aromatic nitrogens is 1. The lowest BCUT2D eigenvalue weighted by atomic mass is 10.1. The van der Waals surface area contributed by atoms with E-state index in [2.05, 4.69) is 29.4 Å². The monoisotopic (exact) mass is 475 g/mol. The zero-order chi connectivity index (χ0) is 24.0. The van der Waals surface area contributed by atoms with Gasteiger partial charge in [0.1, 0.15) is 11.4 Å². The van der Waals surface area contributed by atoms with E-state index >= 15 is 0 Å². The third-order valence-corrected chi connectivity index (χ3v) is 7.93. The molecule has 2 amide bonds. The Labute approximate surface area is 204 Å². The van der Waals surface area contributed by atoms with E-state index in [0.29, 0.717) is 29.6 Å². The summed E-state index contributed by atoms with van der Waals surface area (Å²) in [4.78, 5) is 34.0. The number of nitrogens with one attached hydrogen (secondary N) is 1. The molecule has 2 aromatic carbocycles. The van der Waals surface area contributed by atoms with Crippen LogP contribution in [0.25, 0.3) is 10.4 Å². The van der Waals surface area contributed by atoms with Crippen molar-refractivity contribution in [2.75, 3.05) is 20.2 Å². The maximum Gasteiger partial charge on any atom is 0.274 e. The fourth-order valence-corrected chi connectivity index (χ4v) is 5.98. The van der Waals surface area contributed by atoms with Crippen molar-refractivity contribution in [1.82, 2.24) is 15.2 Å². The Balaban J connectivity index is 1.33. The topological polar surface area (TPSA) is 71.5 Å². The number of carbonyl (C=O) groups excluding carboxylic acids is 2. The van der Waals surface area contributed by atoms with Gasteiger partial charge in [0.05, 0.1) is 23.0 Å². The van der Waals surface area contributed by atoms with Crippen LogP contribution < -0.4 is 10.1 Å². The molecule has 2 heterocycles. The van der Waals surface area contributed by atoms with Crippen LogP contribution in [0.2, 0.25) is 0 Å². The Kier molecular flexibility index (Phi) is 5.90. The predicted octanol–water partition coefficient (Wildman–Crippen LogP) is 4.63. The smallest absolute Gasteiger partial charge is 0.274 e. The first kappa shape index (κ1) is 22.6.